The number of carbonyl (C=O) groups excluding carboxylic acids is 2. The topological polar surface area (TPSA) is 86.8 Å². The molecule has 1 N–H and O–H groups in total. The summed E-state index contributed by atoms with van der Waals surface area (Å²) in [5, 5.41) is 4.52. The maximum atomic E-state index is 13.4. The number of rotatable bonds is 10. The minimum Gasteiger partial charge on any atom is -0.354 e. The Labute approximate surface area is 227 Å². The predicted octanol–water partition coefficient (Wildman–Crippen LogP) is 5.08. The summed E-state index contributed by atoms with van der Waals surface area (Å²) >= 11 is 3.47. The summed E-state index contributed by atoms with van der Waals surface area (Å²) in [6.07, 6.45) is 0.450. The van der Waals surface area contributed by atoms with Crippen molar-refractivity contribution in [3.8, 4) is 0 Å². The van der Waals surface area contributed by atoms with Gasteiger partial charge >= 0.3 is 0 Å². The van der Waals surface area contributed by atoms with Crippen LogP contribution in [0.15, 0.2) is 70.0 Å². The summed E-state index contributed by atoms with van der Waals surface area (Å²) in [5.74, 6) is -0.109. The van der Waals surface area contributed by atoms with E-state index < -0.39 is 16.1 Å². The molecule has 2 amide bonds. The third-order valence-electron chi connectivity index (χ3n) is 6.53. The molecule has 0 radical (unpaired) electrons. The fourth-order valence-corrected chi connectivity index (χ4v) is 6.78. The number of amides is 2. The second kappa shape index (κ2) is 11.2. The molecule has 196 valence electrons. The summed E-state index contributed by atoms with van der Waals surface area (Å²) < 4.78 is 28.8. The number of benzene rings is 3. The fourth-order valence-electron chi connectivity index (χ4n) is 4.58. The van der Waals surface area contributed by atoms with Crippen molar-refractivity contribution >= 4 is 54.2 Å². The summed E-state index contributed by atoms with van der Waals surface area (Å²) in [4.78, 5) is 28.2. The van der Waals surface area contributed by atoms with Gasteiger partial charge in [0.15, 0.2) is 0 Å². The first-order valence-corrected chi connectivity index (χ1v) is 14.7. The van der Waals surface area contributed by atoms with Crippen LogP contribution in [0.25, 0.3) is 10.8 Å². The van der Waals surface area contributed by atoms with Crippen molar-refractivity contribution in [1.29, 1.82) is 0 Å². The van der Waals surface area contributed by atoms with Crippen molar-refractivity contribution in [2.75, 3.05) is 17.4 Å². The van der Waals surface area contributed by atoms with E-state index in [9.17, 15) is 18.0 Å². The van der Waals surface area contributed by atoms with E-state index in [0.29, 0.717) is 29.5 Å². The number of hydrogen-bond donors (Lipinski definition) is 1. The Morgan fingerprint density at radius 3 is 2.43 bits per heavy atom. The van der Waals surface area contributed by atoms with E-state index in [4.69, 9.17) is 0 Å². The standard InChI is InChI=1S/C28H32BrN3O4S/c1-19(2)17-30-28(34)20(3)31(18-21-8-4-11-23(29)16-21)26(33)14-7-15-32-24-12-5-9-22-10-6-13-25(27(22)24)37(32,35)36/h4-6,8-13,16,19-20H,7,14-15,17-18H2,1-3H3,(H,30,34). The molecule has 3 aromatic carbocycles. The lowest BCUT2D eigenvalue weighted by atomic mass is 10.1. The van der Waals surface area contributed by atoms with E-state index in [0.717, 1.165) is 20.8 Å². The van der Waals surface area contributed by atoms with Crippen molar-refractivity contribution in [2.45, 2.75) is 51.1 Å². The average Bonchev–Trinajstić information content (AvgIpc) is 3.08. The van der Waals surface area contributed by atoms with Gasteiger partial charge in [0.25, 0.3) is 10.0 Å². The van der Waals surface area contributed by atoms with Gasteiger partial charge in [-0.2, -0.15) is 0 Å². The van der Waals surface area contributed by atoms with E-state index >= 15 is 0 Å². The zero-order valence-electron chi connectivity index (χ0n) is 21.3. The second-order valence-electron chi connectivity index (χ2n) is 9.78. The maximum Gasteiger partial charge on any atom is 0.265 e. The van der Waals surface area contributed by atoms with E-state index in [2.05, 4.69) is 21.2 Å². The number of nitrogens with zero attached hydrogens (tertiary/aromatic N) is 2. The Hall–Kier alpha value is -2.91. The average molecular weight is 587 g/mol. The minimum atomic E-state index is -3.68. The van der Waals surface area contributed by atoms with Crippen LogP contribution >= 0.6 is 15.9 Å². The first kappa shape index (κ1) is 27.1. The molecule has 0 bridgehead atoms. The highest BCUT2D eigenvalue weighted by molar-refractivity contribution is 9.10. The number of hydrogen-bond acceptors (Lipinski definition) is 4. The van der Waals surface area contributed by atoms with E-state index in [1.165, 1.54) is 4.31 Å². The van der Waals surface area contributed by atoms with Crippen LogP contribution in [-0.2, 0) is 26.2 Å². The van der Waals surface area contributed by atoms with Crippen LogP contribution in [0.3, 0.4) is 0 Å². The lowest BCUT2D eigenvalue weighted by Crippen LogP contribution is -2.48. The second-order valence-corrected chi connectivity index (χ2v) is 12.5. The predicted molar refractivity (Wildman–Crippen MR) is 150 cm³/mol. The van der Waals surface area contributed by atoms with Crippen molar-refractivity contribution in [2.24, 2.45) is 5.92 Å². The largest absolute Gasteiger partial charge is 0.354 e. The third kappa shape index (κ3) is 5.83. The molecular weight excluding hydrogens is 554 g/mol. The molecule has 0 fully saturated rings. The number of nitrogens with one attached hydrogen (secondary N) is 1. The summed E-state index contributed by atoms with van der Waals surface area (Å²) in [7, 11) is -3.68. The van der Waals surface area contributed by atoms with Crippen LogP contribution in [0.2, 0.25) is 0 Å². The summed E-state index contributed by atoms with van der Waals surface area (Å²) in [6.45, 7) is 6.75. The molecule has 1 aliphatic rings. The van der Waals surface area contributed by atoms with Gasteiger partial charge in [0.05, 0.1) is 10.6 Å². The molecule has 0 aliphatic carbocycles. The van der Waals surface area contributed by atoms with Crippen LogP contribution < -0.4 is 9.62 Å². The van der Waals surface area contributed by atoms with Gasteiger partial charge in [0.2, 0.25) is 11.8 Å². The molecule has 0 saturated carbocycles. The minimum absolute atomic E-state index is 0.119. The Balaban J connectivity index is 1.49. The van der Waals surface area contributed by atoms with Gasteiger partial charge in [0, 0.05) is 35.9 Å². The van der Waals surface area contributed by atoms with E-state index in [-0.39, 0.29) is 31.3 Å². The van der Waals surface area contributed by atoms with Crippen LogP contribution in [0, 0.1) is 5.92 Å². The molecule has 1 heterocycles. The molecule has 0 aromatic heterocycles. The molecule has 3 aromatic rings. The first-order chi connectivity index (χ1) is 17.6. The number of halogens is 1. The normalized spacial score (nSPS) is 14.7. The van der Waals surface area contributed by atoms with Crippen molar-refractivity contribution in [3.05, 3.63) is 70.7 Å². The van der Waals surface area contributed by atoms with Crippen LogP contribution in [0.4, 0.5) is 5.69 Å². The number of anilines is 1. The Bertz CT molecular complexity index is 1420. The van der Waals surface area contributed by atoms with Gasteiger partial charge in [-0.1, -0.05) is 66.2 Å². The quantitative estimate of drug-likeness (QED) is 0.359. The van der Waals surface area contributed by atoms with Gasteiger partial charge < -0.3 is 10.2 Å². The van der Waals surface area contributed by atoms with Gasteiger partial charge in [-0.3, -0.25) is 13.9 Å². The molecule has 4 rings (SSSR count). The summed E-state index contributed by atoms with van der Waals surface area (Å²) in [6, 6.07) is 17.8. The molecule has 1 unspecified atom stereocenters. The monoisotopic (exact) mass is 585 g/mol. The van der Waals surface area contributed by atoms with Gasteiger partial charge in [0.1, 0.15) is 6.04 Å². The van der Waals surface area contributed by atoms with Gasteiger partial charge in [-0.05, 0) is 54.5 Å². The van der Waals surface area contributed by atoms with Crippen LogP contribution in [0.5, 0.6) is 0 Å². The Kier molecular flexibility index (Phi) is 8.23. The van der Waals surface area contributed by atoms with E-state index in [1.807, 2.05) is 56.3 Å². The fraction of sp³-hybridized carbons (Fsp3) is 0.357. The lowest BCUT2D eigenvalue weighted by Gasteiger charge is -2.29. The summed E-state index contributed by atoms with van der Waals surface area (Å²) in [5.41, 5.74) is 1.54. The van der Waals surface area contributed by atoms with Crippen molar-refractivity contribution in [3.63, 3.8) is 0 Å². The molecule has 0 spiro atoms. The van der Waals surface area contributed by atoms with E-state index in [1.54, 1.807) is 30.0 Å². The highest BCUT2D eigenvalue weighted by Gasteiger charge is 2.35. The van der Waals surface area contributed by atoms with Crippen LogP contribution in [-0.4, -0.2) is 44.3 Å². The smallest absolute Gasteiger partial charge is 0.265 e. The molecule has 0 saturated heterocycles. The molecule has 37 heavy (non-hydrogen) atoms. The lowest BCUT2D eigenvalue weighted by molar-refractivity contribution is -0.140. The zero-order chi connectivity index (χ0) is 26.7. The molecule has 9 heteroatoms. The molecule has 1 atom stereocenters. The highest BCUT2D eigenvalue weighted by atomic mass is 79.9. The maximum absolute atomic E-state index is 13.4. The SMILES string of the molecule is CC(C)CNC(=O)C(C)N(Cc1cccc(Br)c1)C(=O)CCCN1c2cccc3cccc(c23)S1(=O)=O. The van der Waals surface area contributed by atoms with Crippen LogP contribution in [0.1, 0.15) is 39.2 Å². The number of carbonyl (C=O) groups is 2. The van der Waals surface area contributed by atoms with Crippen molar-refractivity contribution in [1.82, 2.24) is 10.2 Å². The number of sulfonamides is 1. The molecule has 1 aliphatic heterocycles. The van der Waals surface area contributed by atoms with Crippen molar-refractivity contribution < 1.29 is 18.0 Å². The Morgan fingerprint density at radius 1 is 1.03 bits per heavy atom. The zero-order valence-corrected chi connectivity index (χ0v) is 23.7. The highest BCUT2D eigenvalue weighted by Crippen LogP contribution is 2.42. The molecular formula is C28H32BrN3O4S. The first-order valence-electron chi connectivity index (χ1n) is 12.5. The third-order valence-corrected chi connectivity index (χ3v) is 8.88. The molecule has 7 nitrogen and oxygen atoms in total. The van der Waals surface area contributed by atoms with Gasteiger partial charge in [-0.15, -0.1) is 0 Å². The Morgan fingerprint density at radius 2 is 1.73 bits per heavy atom. The van der Waals surface area contributed by atoms with Gasteiger partial charge in [-0.25, -0.2) is 8.42 Å².